The highest BCUT2D eigenvalue weighted by Crippen LogP contribution is 2.33. The van der Waals surface area contributed by atoms with Crippen LogP contribution in [-0.2, 0) is 4.79 Å². The SMILES string of the molecule is COc1ccccc1[C@H](C)NC(=O)CN1CCC(c2nc3ccccc3s2)CC1. The Morgan fingerprint density at radius 1 is 1.21 bits per heavy atom. The molecule has 1 N–H and O–H groups in total. The highest BCUT2D eigenvalue weighted by molar-refractivity contribution is 7.18. The molecule has 2 heterocycles. The number of fused-ring (bicyclic) bond motifs is 1. The second-order valence-electron chi connectivity index (χ2n) is 7.60. The molecule has 2 aromatic carbocycles. The number of carbonyl (C=O) groups is 1. The number of aromatic nitrogens is 1. The number of nitrogens with one attached hydrogen (secondary N) is 1. The van der Waals surface area contributed by atoms with E-state index in [0.717, 1.165) is 42.8 Å². The fourth-order valence-electron chi connectivity index (χ4n) is 3.99. The summed E-state index contributed by atoms with van der Waals surface area (Å²) in [5.41, 5.74) is 2.09. The standard InChI is InChI=1S/C23H27N3O2S/c1-16(18-7-3-5-9-20(18)28-2)24-22(27)15-26-13-11-17(12-14-26)23-25-19-8-4-6-10-21(19)29-23/h3-10,16-17H,11-15H2,1-2H3,(H,24,27)/t16-/m0/s1. The zero-order valence-corrected chi connectivity index (χ0v) is 17.7. The van der Waals surface area contributed by atoms with E-state index in [4.69, 9.17) is 9.72 Å². The lowest BCUT2D eigenvalue weighted by Crippen LogP contribution is -2.41. The molecule has 1 aromatic heterocycles. The molecule has 152 valence electrons. The number of rotatable bonds is 6. The molecular weight excluding hydrogens is 382 g/mol. The van der Waals surface area contributed by atoms with E-state index in [9.17, 15) is 4.79 Å². The van der Waals surface area contributed by atoms with Crippen molar-refractivity contribution in [2.45, 2.75) is 31.7 Å². The van der Waals surface area contributed by atoms with E-state index in [0.29, 0.717) is 12.5 Å². The predicted octanol–water partition coefficient (Wildman–Crippen LogP) is 4.36. The zero-order chi connectivity index (χ0) is 20.2. The number of amides is 1. The number of nitrogens with zero attached hydrogens (tertiary/aromatic N) is 2. The Morgan fingerprint density at radius 2 is 1.93 bits per heavy atom. The van der Waals surface area contributed by atoms with Gasteiger partial charge in [0.25, 0.3) is 0 Å². The van der Waals surface area contributed by atoms with Crippen LogP contribution in [0.5, 0.6) is 5.75 Å². The van der Waals surface area contributed by atoms with Gasteiger partial charge in [-0.15, -0.1) is 11.3 Å². The van der Waals surface area contributed by atoms with Crippen LogP contribution in [0, 0.1) is 0 Å². The largest absolute Gasteiger partial charge is 0.496 e. The highest BCUT2D eigenvalue weighted by atomic mass is 32.1. The number of ether oxygens (including phenoxy) is 1. The molecule has 0 bridgehead atoms. The van der Waals surface area contributed by atoms with Crippen molar-refractivity contribution in [3.05, 3.63) is 59.1 Å². The zero-order valence-electron chi connectivity index (χ0n) is 16.9. The summed E-state index contributed by atoms with van der Waals surface area (Å²) in [6.07, 6.45) is 2.10. The van der Waals surface area contributed by atoms with E-state index >= 15 is 0 Å². The molecule has 0 saturated carbocycles. The van der Waals surface area contributed by atoms with Crippen LogP contribution >= 0.6 is 11.3 Å². The van der Waals surface area contributed by atoms with Gasteiger partial charge in [-0.25, -0.2) is 4.98 Å². The summed E-state index contributed by atoms with van der Waals surface area (Å²) in [7, 11) is 1.66. The van der Waals surface area contributed by atoms with Gasteiger partial charge in [-0.05, 0) is 51.1 Å². The van der Waals surface area contributed by atoms with Crippen molar-refractivity contribution in [3.8, 4) is 5.75 Å². The highest BCUT2D eigenvalue weighted by Gasteiger charge is 2.25. The maximum Gasteiger partial charge on any atom is 0.234 e. The second-order valence-corrected chi connectivity index (χ2v) is 8.66. The smallest absolute Gasteiger partial charge is 0.234 e. The molecule has 0 radical (unpaired) electrons. The van der Waals surface area contributed by atoms with E-state index in [-0.39, 0.29) is 11.9 Å². The summed E-state index contributed by atoms with van der Waals surface area (Å²) in [5, 5.41) is 4.34. The van der Waals surface area contributed by atoms with E-state index < -0.39 is 0 Å². The van der Waals surface area contributed by atoms with Crippen LogP contribution in [0.2, 0.25) is 0 Å². The normalized spacial score (nSPS) is 16.6. The lowest BCUT2D eigenvalue weighted by Gasteiger charge is -2.30. The van der Waals surface area contributed by atoms with Crippen molar-refractivity contribution in [3.63, 3.8) is 0 Å². The first-order chi connectivity index (χ1) is 14.1. The fourth-order valence-corrected chi connectivity index (χ4v) is 5.13. The number of hydrogen-bond donors (Lipinski definition) is 1. The van der Waals surface area contributed by atoms with Crippen LogP contribution in [0.3, 0.4) is 0 Å². The van der Waals surface area contributed by atoms with Crippen molar-refractivity contribution < 1.29 is 9.53 Å². The number of carbonyl (C=O) groups excluding carboxylic acids is 1. The van der Waals surface area contributed by atoms with Gasteiger partial charge in [-0.1, -0.05) is 30.3 Å². The van der Waals surface area contributed by atoms with Gasteiger partial charge < -0.3 is 10.1 Å². The van der Waals surface area contributed by atoms with Crippen LogP contribution in [0.25, 0.3) is 10.2 Å². The van der Waals surface area contributed by atoms with Gasteiger partial charge in [0.15, 0.2) is 0 Å². The van der Waals surface area contributed by atoms with Crippen molar-refractivity contribution in [2.24, 2.45) is 0 Å². The Morgan fingerprint density at radius 3 is 2.69 bits per heavy atom. The Labute approximate surface area is 175 Å². The topological polar surface area (TPSA) is 54.5 Å². The van der Waals surface area contributed by atoms with Crippen LogP contribution in [0.1, 0.15) is 42.3 Å². The van der Waals surface area contributed by atoms with Crippen molar-refractivity contribution >= 4 is 27.5 Å². The number of likely N-dealkylation sites (tertiary alicyclic amines) is 1. The molecule has 1 aliphatic rings. The Balaban J connectivity index is 1.29. The lowest BCUT2D eigenvalue weighted by molar-refractivity contribution is -0.123. The predicted molar refractivity (Wildman–Crippen MR) is 118 cm³/mol. The van der Waals surface area contributed by atoms with Gasteiger partial charge in [-0.2, -0.15) is 0 Å². The summed E-state index contributed by atoms with van der Waals surface area (Å²) in [6.45, 7) is 4.29. The Kier molecular flexibility index (Phi) is 6.11. The molecule has 1 aliphatic heterocycles. The van der Waals surface area contributed by atoms with Crippen LogP contribution in [-0.4, -0.2) is 42.5 Å². The monoisotopic (exact) mass is 409 g/mol. The number of hydrogen-bond acceptors (Lipinski definition) is 5. The van der Waals surface area contributed by atoms with Gasteiger partial charge in [0, 0.05) is 11.5 Å². The fraction of sp³-hybridized carbons (Fsp3) is 0.391. The molecule has 29 heavy (non-hydrogen) atoms. The minimum atomic E-state index is -0.0843. The maximum atomic E-state index is 12.6. The third-order valence-electron chi connectivity index (χ3n) is 5.60. The van der Waals surface area contributed by atoms with Gasteiger partial charge in [0.2, 0.25) is 5.91 Å². The quantitative estimate of drug-likeness (QED) is 0.657. The average molecular weight is 410 g/mol. The Hall–Kier alpha value is -2.44. The summed E-state index contributed by atoms with van der Waals surface area (Å²) in [4.78, 5) is 19.6. The van der Waals surface area contributed by atoms with E-state index in [1.807, 2.05) is 48.6 Å². The van der Waals surface area contributed by atoms with Gasteiger partial charge >= 0.3 is 0 Å². The second kappa shape index (κ2) is 8.93. The van der Waals surface area contributed by atoms with Gasteiger partial charge in [0.1, 0.15) is 5.75 Å². The Bertz CT molecular complexity index is 946. The molecule has 0 aliphatic carbocycles. The minimum Gasteiger partial charge on any atom is -0.496 e. The number of para-hydroxylation sites is 2. The number of piperidine rings is 1. The third kappa shape index (κ3) is 4.60. The maximum absolute atomic E-state index is 12.6. The van der Waals surface area contributed by atoms with Crippen LogP contribution in [0.15, 0.2) is 48.5 Å². The van der Waals surface area contributed by atoms with Crippen molar-refractivity contribution in [2.75, 3.05) is 26.7 Å². The molecule has 0 unspecified atom stereocenters. The summed E-state index contributed by atoms with van der Waals surface area (Å²) >= 11 is 1.81. The molecule has 1 amide bonds. The third-order valence-corrected chi connectivity index (χ3v) is 6.80. The molecule has 1 fully saturated rings. The molecule has 1 atom stereocenters. The number of methoxy groups -OCH3 is 1. The van der Waals surface area contributed by atoms with Crippen LogP contribution in [0.4, 0.5) is 0 Å². The van der Waals surface area contributed by atoms with Gasteiger partial charge in [-0.3, -0.25) is 9.69 Å². The van der Waals surface area contributed by atoms with E-state index in [1.165, 1.54) is 9.71 Å². The van der Waals surface area contributed by atoms with Crippen LogP contribution < -0.4 is 10.1 Å². The molecule has 1 saturated heterocycles. The molecule has 3 aromatic rings. The van der Waals surface area contributed by atoms with Crippen molar-refractivity contribution in [1.82, 2.24) is 15.2 Å². The minimum absolute atomic E-state index is 0.0573. The first-order valence-electron chi connectivity index (χ1n) is 10.1. The first-order valence-corrected chi connectivity index (χ1v) is 11.0. The number of benzene rings is 2. The summed E-state index contributed by atoms with van der Waals surface area (Å²) in [5.74, 6) is 1.36. The van der Waals surface area contributed by atoms with Crippen molar-refractivity contribution in [1.29, 1.82) is 0 Å². The summed E-state index contributed by atoms with van der Waals surface area (Å²) < 4.78 is 6.67. The first kappa shape index (κ1) is 19.9. The van der Waals surface area contributed by atoms with Gasteiger partial charge in [0.05, 0.1) is 34.9 Å². The average Bonchev–Trinajstić information content (AvgIpc) is 3.18. The number of thiazole rings is 1. The molecule has 4 rings (SSSR count). The molecule has 0 spiro atoms. The van der Waals surface area contributed by atoms with E-state index in [2.05, 4.69) is 28.4 Å². The molecule has 6 heteroatoms. The summed E-state index contributed by atoms with van der Waals surface area (Å²) in [6, 6.07) is 16.1. The molecular formula is C23H27N3O2S. The lowest BCUT2D eigenvalue weighted by atomic mass is 9.97. The van der Waals surface area contributed by atoms with E-state index in [1.54, 1.807) is 7.11 Å². The molecule has 5 nitrogen and oxygen atoms in total.